The minimum Gasteiger partial charge on any atom is -0.263 e. The lowest BCUT2D eigenvalue weighted by atomic mass is 10.2. The fraction of sp³-hybridized carbons (Fsp3) is 0.111. The van der Waals surface area contributed by atoms with Gasteiger partial charge in [0.1, 0.15) is 0 Å². The number of benzene rings is 1. The van der Waals surface area contributed by atoms with Gasteiger partial charge in [-0.05, 0) is 17.2 Å². The van der Waals surface area contributed by atoms with Crippen molar-refractivity contribution in [3.05, 3.63) is 52.1 Å². The lowest BCUT2D eigenvalue weighted by Crippen LogP contribution is -2.07. The third-order valence-electron chi connectivity index (χ3n) is 1.45. The lowest BCUT2D eigenvalue weighted by molar-refractivity contribution is -0.485. The van der Waals surface area contributed by atoms with E-state index in [0.717, 1.165) is 5.56 Å². The number of nitro groups is 1. The van der Waals surface area contributed by atoms with Crippen molar-refractivity contribution in [3.8, 4) is 0 Å². The second-order valence-electron chi connectivity index (χ2n) is 2.43. The van der Waals surface area contributed by atoms with Crippen molar-refractivity contribution >= 4 is 17.7 Å². The Labute approximate surface area is 80.8 Å². The molecule has 0 aromatic heterocycles. The Kier molecular flexibility index (Phi) is 3.46. The molecule has 3 nitrogen and oxygen atoms in total. The molecule has 0 radical (unpaired) electrons. The van der Waals surface area contributed by atoms with E-state index < -0.39 is 10.4 Å². The summed E-state index contributed by atoms with van der Waals surface area (Å²) >= 11 is 5.38. The molecule has 0 aliphatic rings. The van der Waals surface area contributed by atoms with Crippen molar-refractivity contribution < 1.29 is 4.92 Å². The minimum absolute atomic E-state index is 0.555. The maximum atomic E-state index is 10.1. The molecule has 4 heteroatoms. The third kappa shape index (κ3) is 3.25. The first-order valence-corrected chi connectivity index (χ1v) is 4.14. The highest BCUT2D eigenvalue weighted by Gasteiger charge is 2.08. The largest absolute Gasteiger partial charge is 0.304 e. The van der Waals surface area contributed by atoms with Crippen molar-refractivity contribution in [2.45, 2.75) is 5.50 Å². The van der Waals surface area contributed by atoms with E-state index >= 15 is 0 Å². The number of halogens is 1. The third-order valence-corrected chi connectivity index (χ3v) is 1.75. The van der Waals surface area contributed by atoms with Gasteiger partial charge in [-0.3, -0.25) is 10.1 Å². The second kappa shape index (κ2) is 4.62. The lowest BCUT2D eigenvalue weighted by Gasteiger charge is -1.93. The van der Waals surface area contributed by atoms with Crippen LogP contribution >= 0.6 is 11.6 Å². The van der Waals surface area contributed by atoms with Gasteiger partial charge < -0.3 is 0 Å². The van der Waals surface area contributed by atoms with E-state index in [-0.39, 0.29) is 0 Å². The molecule has 1 aromatic rings. The van der Waals surface area contributed by atoms with Crippen LogP contribution in [0.15, 0.2) is 36.4 Å². The van der Waals surface area contributed by atoms with Crippen LogP contribution in [0.4, 0.5) is 0 Å². The molecule has 0 bridgehead atoms. The van der Waals surface area contributed by atoms with Crippen LogP contribution in [0.2, 0.25) is 0 Å². The molecule has 1 unspecified atom stereocenters. The summed E-state index contributed by atoms with van der Waals surface area (Å²) in [5.74, 6) is 0. The standard InChI is InChI=1S/C9H8ClNO2/c10-9(11(12)13)7-6-8-4-2-1-3-5-8/h1-7,9H/b7-6+. The van der Waals surface area contributed by atoms with E-state index in [1.165, 1.54) is 6.08 Å². The Morgan fingerprint density at radius 2 is 2.00 bits per heavy atom. The van der Waals surface area contributed by atoms with Gasteiger partial charge in [0.2, 0.25) is 0 Å². The van der Waals surface area contributed by atoms with Crippen molar-refractivity contribution in [1.29, 1.82) is 0 Å². The Hall–Kier alpha value is -1.35. The van der Waals surface area contributed by atoms with Gasteiger partial charge in [-0.1, -0.05) is 36.4 Å². The van der Waals surface area contributed by atoms with E-state index in [2.05, 4.69) is 0 Å². The fourth-order valence-corrected chi connectivity index (χ4v) is 0.898. The van der Waals surface area contributed by atoms with Gasteiger partial charge in [-0.25, -0.2) is 0 Å². The first-order chi connectivity index (χ1) is 6.20. The van der Waals surface area contributed by atoms with Crippen LogP contribution in [0.3, 0.4) is 0 Å². The first kappa shape index (κ1) is 9.74. The molecular weight excluding hydrogens is 190 g/mol. The van der Waals surface area contributed by atoms with E-state index in [1.807, 2.05) is 30.3 Å². The van der Waals surface area contributed by atoms with Gasteiger partial charge in [0.05, 0.1) is 0 Å². The van der Waals surface area contributed by atoms with E-state index in [9.17, 15) is 10.1 Å². The van der Waals surface area contributed by atoms with Gasteiger partial charge in [0, 0.05) is 11.0 Å². The molecule has 0 amide bonds. The molecule has 0 aliphatic heterocycles. The number of hydrogen-bond donors (Lipinski definition) is 0. The molecule has 0 fully saturated rings. The Morgan fingerprint density at radius 1 is 1.38 bits per heavy atom. The number of rotatable bonds is 3. The molecule has 13 heavy (non-hydrogen) atoms. The SMILES string of the molecule is O=[N+]([O-])C(Cl)/C=C/c1ccccc1. The molecule has 0 saturated heterocycles. The number of nitrogens with zero attached hydrogens (tertiary/aromatic N) is 1. The highest BCUT2D eigenvalue weighted by Crippen LogP contribution is 2.05. The molecule has 0 heterocycles. The Balaban J connectivity index is 2.64. The summed E-state index contributed by atoms with van der Waals surface area (Å²) in [6, 6.07) is 9.28. The van der Waals surface area contributed by atoms with Crippen LogP contribution in [0, 0.1) is 10.1 Å². The smallest absolute Gasteiger partial charge is 0.263 e. The summed E-state index contributed by atoms with van der Waals surface area (Å²) in [6.07, 6.45) is 2.97. The van der Waals surface area contributed by atoms with Crippen LogP contribution in [-0.2, 0) is 0 Å². The number of alkyl halides is 1. The quantitative estimate of drug-likeness (QED) is 0.324. The molecule has 1 aromatic carbocycles. The zero-order valence-corrected chi connectivity index (χ0v) is 7.52. The van der Waals surface area contributed by atoms with Gasteiger partial charge in [-0.15, -0.1) is 0 Å². The molecule has 0 aliphatic carbocycles. The zero-order valence-electron chi connectivity index (χ0n) is 6.76. The predicted molar refractivity (Wildman–Crippen MR) is 52.1 cm³/mol. The summed E-state index contributed by atoms with van der Waals surface area (Å²) in [5.41, 5.74) is -0.254. The maximum absolute atomic E-state index is 10.1. The topological polar surface area (TPSA) is 43.1 Å². The highest BCUT2D eigenvalue weighted by atomic mass is 35.5. The van der Waals surface area contributed by atoms with Crippen LogP contribution in [-0.4, -0.2) is 10.4 Å². The second-order valence-corrected chi connectivity index (χ2v) is 2.87. The van der Waals surface area contributed by atoms with Gasteiger partial charge >= 0.3 is 5.50 Å². The van der Waals surface area contributed by atoms with Crippen molar-refractivity contribution in [2.24, 2.45) is 0 Å². The zero-order chi connectivity index (χ0) is 9.68. The average molecular weight is 198 g/mol. The predicted octanol–water partition coefficient (Wildman–Crippen LogP) is 2.54. The summed E-state index contributed by atoms with van der Waals surface area (Å²) in [7, 11) is 0. The van der Waals surface area contributed by atoms with Gasteiger partial charge in [0.15, 0.2) is 0 Å². The molecule has 68 valence electrons. The minimum atomic E-state index is -1.15. The summed E-state index contributed by atoms with van der Waals surface area (Å²) in [6.45, 7) is 0. The van der Waals surface area contributed by atoms with Crippen LogP contribution in [0.1, 0.15) is 5.56 Å². The van der Waals surface area contributed by atoms with Crippen molar-refractivity contribution in [2.75, 3.05) is 0 Å². The normalized spacial score (nSPS) is 13.0. The summed E-state index contributed by atoms with van der Waals surface area (Å²) in [5, 5.41) is 10.1. The van der Waals surface area contributed by atoms with Gasteiger partial charge in [0.25, 0.3) is 0 Å². The summed E-state index contributed by atoms with van der Waals surface area (Å²) < 4.78 is 0. The van der Waals surface area contributed by atoms with Crippen LogP contribution in [0.5, 0.6) is 0 Å². The molecular formula is C9H8ClNO2. The monoisotopic (exact) mass is 197 g/mol. The Bertz CT molecular complexity index is 311. The van der Waals surface area contributed by atoms with Crippen LogP contribution < -0.4 is 0 Å². The maximum Gasteiger partial charge on any atom is 0.304 e. The molecule has 1 rings (SSSR count). The highest BCUT2D eigenvalue weighted by molar-refractivity contribution is 6.20. The average Bonchev–Trinajstić information content (AvgIpc) is 2.15. The number of hydrogen-bond acceptors (Lipinski definition) is 2. The van der Waals surface area contributed by atoms with E-state index in [4.69, 9.17) is 11.6 Å². The molecule has 1 atom stereocenters. The molecule has 0 spiro atoms. The van der Waals surface area contributed by atoms with Crippen LogP contribution in [0.25, 0.3) is 6.08 Å². The summed E-state index contributed by atoms with van der Waals surface area (Å²) in [4.78, 5) is 9.59. The van der Waals surface area contributed by atoms with Crippen molar-refractivity contribution in [1.82, 2.24) is 0 Å². The van der Waals surface area contributed by atoms with Gasteiger partial charge in [-0.2, -0.15) is 0 Å². The van der Waals surface area contributed by atoms with Crippen molar-refractivity contribution in [3.63, 3.8) is 0 Å². The Morgan fingerprint density at radius 3 is 2.54 bits per heavy atom. The van der Waals surface area contributed by atoms with E-state index in [0.29, 0.717) is 0 Å². The molecule has 0 N–H and O–H groups in total. The van der Waals surface area contributed by atoms with E-state index in [1.54, 1.807) is 6.08 Å². The fourth-order valence-electron chi connectivity index (χ4n) is 0.825. The molecule has 0 saturated carbocycles. The first-order valence-electron chi connectivity index (χ1n) is 3.71.